The van der Waals surface area contributed by atoms with Gasteiger partial charge in [-0.2, -0.15) is 5.10 Å². The van der Waals surface area contributed by atoms with Gasteiger partial charge in [-0.1, -0.05) is 13.3 Å². The predicted molar refractivity (Wildman–Crippen MR) is 113 cm³/mol. The van der Waals surface area contributed by atoms with Gasteiger partial charge in [-0.15, -0.1) is 0 Å². The van der Waals surface area contributed by atoms with E-state index in [-0.39, 0.29) is 0 Å². The molecular weight excluding hydrogens is 362 g/mol. The number of nitrogens with zero attached hydrogens (tertiary/aromatic N) is 1. The number of hydrogen-bond acceptors (Lipinski definition) is 5. The van der Waals surface area contributed by atoms with Gasteiger partial charge in [0.05, 0.1) is 27.0 Å². The standard InChI is InChI=1S/C20H25N3O3S/c1-4-5-12-26-18-11-6-15(13-19(18)25-3)14-21-23-20(27)22-16-7-9-17(24-2)10-8-16/h6-11,13-14H,4-5,12H2,1-3H3,(H2,22,23,27)/b21-14-. The molecule has 2 N–H and O–H groups in total. The maximum absolute atomic E-state index is 5.72. The van der Waals surface area contributed by atoms with Gasteiger partial charge in [-0.25, -0.2) is 0 Å². The van der Waals surface area contributed by atoms with Gasteiger partial charge in [0.2, 0.25) is 0 Å². The summed E-state index contributed by atoms with van der Waals surface area (Å²) in [7, 11) is 3.25. The molecule has 2 aromatic carbocycles. The molecule has 0 bridgehead atoms. The number of anilines is 1. The lowest BCUT2D eigenvalue weighted by Crippen LogP contribution is -2.23. The van der Waals surface area contributed by atoms with Gasteiger partial charge in [0.15, 0.2) is 16.6 Å². The van der Waals surface area contributed by atoms with Crippen molar-refractivity contribution in [1.29, 1.82) is 0 Å². The van der Waals surface area contributed by atoms with E-state index >= 15 is 0 Å². The molecule has 0 saturated carbocycles. The van der Waals surface area contributed by atoms with Crippen LogP contribution in [0.25, 0.3) is 0 Å². The lowest BCUT2D eigenvalue weighted by Gasteiger charge is -2.11. The van der Waals surface area contributed by atoms with Gasteiger partial charge in [0.25, 0.3) is 0 Å². The minimum absolute atomic E-state index is 0.392. The van der Waals surface area contributed by atoms with Crippen molar-refractivity contribution in [3.63, 3.8) is 0 Å². The van der Waals surface area contributed by atoms with Crippen LogP contribution in [-0.4, -0.2) is 32.2 Å². The summed E-state index contributed by atoms with van der Waals surface area (Å²) in [5.41, 5.74) is 4.50. The van der Waals surface area contributed by atoms with E-state index in [1.807, 2.05) is 42.5 Å². The Balaban J connectivity index is 1.89. The van der Waals surface area contributed by atoms with Crippen LogP contribution in [0, 0.1) is 0 Å². The van der Waals surface area contributed by atoms with Gasteiger partial charge >= 0.3 is 0 Å². The summed E-state index contributed by atoms with van der Waals surface area (Å²) in [5, 5.41) is 7.59. The second-order valence-corrected chi connectivity index (χ2v) is 6.07. The normalized spacial score (nSPS) is 10.5. The van der Waals surface area contributed by atoms with E-state index in [4.69, 9.17) is 26.4 Å². The highest BCUT2D eigenvalue weighted by Crippen LogP contribution is 2.27. The van der Waals surface area contributed by atoms with E-state index in [0.29, 0.717) is 17.5 Å². The number of hydrogen-bond donors (Lipinski definition) is 2. The highest BCUT2D eigenvalue weighted by Gasteiger charge is 2.05. The Morgan fingerprint density at radius 1 is 1.07 bits per heavy atom. The summed E-state index contributed by atoms with van der Waals surface area (Å²) in [5.74, 6) is 2.19. The summed E-state index contributed by atoms with van der Waals surface area (Å²) in [6.45, 7) is 2.80. The van der Waals surface area contributed by atoms with E-state index in [2.05, 4.69) is 22.8 Å². The summed E-state index contributed by atoms with van der Waals surface area (Å²) >= 11 is 5.23. The van der Waals surface area contributed by atoms with Crippen LogP contribution in [0.3, 0.4) is 0 Å². The van der Waals surface area contributed by atoms with Crippen LogP contribution in [0.1, 0.15) is 25.3 Å². The molecule has 0 fully saturated rings. The lowest BCUT2D eigenvalue weighted by atomic mass is 10.2. The SMILES string of the molecule is CCCCOc1ccc(/C=N\NC(=S)Nc2ccc(OC)cc2)cc1OC. The molecule has 0 radical (unpaired) electrons. The molecule has 0 aliphatic heterocycles. The fourth-order valence-electron chi connectivity index (χ4n) is 2.21. The van der Waals surface area contributed by atoms with Crippen LogP contribution < -0.4 is 25.0 Å². The predicted octanol–water partition coefficient (Wildman–Crippen LogP) is 4.20. The molecule has 0 atom stereocenters. The highest BCUT2D eigenvalue weighted by molar-refractivity contribution is 7.80. The van der Waals surface area contributed by atoms with Crippen molar-refractivity contribution in [1.82, 2.24) is 5.43 Å². The molecule has 0 aliphatic rings. The van der Waals surface area contributed by atoms with Gasteiger partial charge in [0.1, 0.15) is 5.75 Å². The molecule has 2 aromatic rings. The molecule has 7 heteroatoms. The third-order valence-corrected chi connectivity index (χ3v) is 3.86. The summed E-state index contributed by atoms with van der Waals surface area (Å²) < 4.78 is 16.2. The number of rotatable bonds is 9. The molecule has 27 heavy (non-hydrogen) atoms. The molecule has 144 valence electrons. The zero-order valence-corrected chi connectivity index (χ0v) is 16.6. The van der Waals surface area contributed by atoms with Gasteiger partial charge in [-0.05, 0) is 66.7 Å². The number of hydrazone groups is 1. The Kier molecular flexibility index (Phi) is 8.38. The van der Waals surface area contributed by atoms with E-state index in [9.17, 15) is 0 Å². The van der Waals surface area contributed by atoms with Crippen LogP contribution in [0.2, 0.25) is 0 Å². The molecule has 0 aliphatic carbocycles. The minimum Gasteiger partial charge on any atom is -0.497 e. The summed E-state index contributed by atoms with van der Waals surface area (Å²) in [6.07, 6.45) is 3.76. The molecule has 0 saturated heterocycles. The molecule has 0 amide bonds. The van der Waals surface area contributed by atoms with Crippen LogP contribution in [0.5, 0.6) is 17.2 Å². The number of benzene rings is 2. The maximum atomic E-state index is 5.72. The number of thiocarbonyl (C=S) groups is 1. The van der Waals surface area contributed by atoms with E-state index < -0.39 is 0 Å². The number of unbranched alkanes of at least 4 members (excludes halogenated alkanes) is 1. The Hall–Kier alpha value is -2.80. The third-order valence-electron chi connectivity index (χ3n) is 3.67. The average Bonchev–Trinajstić information content (AvgIpc) is 2.69. The average molecular weight is 388 g/mol. The van der Waals surface area contributed by atoms with Crippen molar-refractivity contribution in [3.8, 4) is 17.2 Å². The smallest absolute Gasteiger partial charge is 0.191 e. The van der Waals surface area contributed by atoms with Crippen LogP contribution in [0.15, 0.2) is 47.6 Å². The summed E-state index contributed by atoms with van der Waals surface area (Å²) in [6, 6.07) is 13.1. The maximum Gasteiger partial charge on any atom is 0.191 e. The van der Waals surface area contributed by atoms with Crippen molar-refractivity contribution < 1.29 is 14.2 Å². The van der Waals surface area contributed by atoms with Crippen molar-refractivity contribution >= 4 is 29.2 Å². The zero-order valence-electron chi connectivity index (χ0n) is 15.8. The quantitative estimate of drug-likeness (QED) is 0.291. The van der Waals surface area contributed by atoms with Crippen molar-refractivity contribution in [2.45, 2.75) is 19.8 Å². The number of nitrogens with one attached hydrogen (secondary N) is 2. The molecule has 6 nitrogen and oxygen atoms in total. The first kappa shape index (κ1) is 20.5. The first-order chi connectivity index (χ1) is 13.2. The van der Waals surface area contributed by atoms with Crippen LogP contribution >= 0.6 is 12.2 Å². The monoisotopic (exact) mass is 387 g/mol. The molecule has 0 unspecified atom stereocenters. The Bertz CT molecular complexity index is 764. The fraction of sp³-hybridized carbons (Fsp3) is 0.300. The second-order valence-electron chi connectivity index (χ2n) is 5.66. The van der Waals surface area contributed by atoms with Gasteiger partial charge in [0, 0.05) is 5.69 Å². The topological polar surface area (TPSA) is 64.1 Å². The van der Waals surface area contributed by atoms with Gasteiger partial charge < -0.3 is 19.5 Å². The van der Waals surface area contributed by atoms with Crippen molar-refractivity contribution in [2.75, 3.05) is 26.1 Å². The Labute approximate surface area is 165 Å². The van der Waals surface area contributed by atoms with E-state index in [0.717, 1.165) is 35.6 Å². The molecular formula is C20H25N3O3S. The highest BCUT2D eigenvalue weighted by atomic mass is 32.1. The Morgan fingerprint density at radius 2 is 1.85 bits per heavy atom. The molecule has 0 heterocycles. The van der Waals surface area contributed by atoms with Gasteiger partial charge in [-0.3, -0.25) is 5.43 Å². The number of ether oxygens (including phenoxy) is 3. The molecule has 0 spiro atoms. The summed E-state index contributed by atoms with van der Waals surface area (Å²) in [4.78, 5) is 0. The van der Waals surface area contributed by atoms with Crippen molar-refractivity contribution in [2.24, 2.45) is 5.10 Å². The fourth-order valence-corrected chi connectivity index (χ4v) is 2.38. The number of methoxy groups -OCH3 is 2. The van der Waals surface area contributed by atoms with Crippen molar-refractivity contribution in [3.05, 3.63) is 48.0 Å². The third kappa shape index (κ3) is 6.79. The first-order valence-corrected chi connectivity index (χ1v) is 9.12. The van der Waals surface area contributed by atoms with Crippen LogP contribution in [-0.2, 0) is 0 Å². The Morgan fingerprint density at radius 3 is 2.52 bits per heavy atom. The van der Waals surface area contributed by atoms with Crippen LogP contribution in [0.4, 0.5) is 5.69 Å². The second kappa shape index (κ2) is 11.0. The van der Waals surface area contributed by atoms with E-state index in [1.54, 1.807) is 20.4 Å². The largest absolute Gasteiger partial charge is 0.497 e. The minimum atomic E-state index is 0.392. The lowest BCUT2D eigenvalue weighted by molar-refractivity contribution is 0.288. The first-order valence-electron chi connectivity index (χ1n) is 8.71. The molecule has 2 rings (SSSR count). The zero-order chi connectivity index (χ0) is 19.5. The molecule has 0 aromatic heterocycles. The van der Waals surface area contributed by atoms with E-state index in [1.165, 1.54) is 0 Å².